The molecule has 4 rings (SSSR count). The summed E-state index contributed by atoms with van der Waals surface area (Å²) in [5, 5.41) is 9.19. The molecule has 2 aliphatic rings. The minimum absolute atomic E-state index is 0.169. The van der Waals surface area contributed by atoms with Crippen molar-refractivity contribution in [2.75, 3.05) is 31.1 Å². The summed E-state index contributed by atoms with van der Waals surface area (Å²) in [7, 11) is 0. The number of nitrogens with zero attached hydrogens (tertiary/aromatic N) is 3. The second kappa shape index (κ2) is 7.03. The second-order valence-corrected chi connectivity index (χ2v) is 7.39. The van der Waals surface area contributed by atoms with Crippen LogP contribution in [0, 0.1) is 17.1 Å². The van der Waals surface area contributed by atoms with E-state index in [2.05, 4.69) is 11.0 Å². The molecular formula is C22H22FN3O. The number of hydrogen-bond donors (Lipinski definition) is 0. The van der Waals surface area contributed by atoms with Gasteiger partial charge in [-0.2, -0.15) is 5.26 Å². The molecular weight excluding hydrogens is 341 g/mol. The van der Waals surface area contributed by atoms with Crippen LogP contribution in [0.15, 0.2) is 48.5 Å². The molecule has 0 spiro atoms. The lowest BCUT2D eigenvalue weighted by molar-refractivity contribution is -0.141. The smallest absolute Gasteiger partial charge is 0.233 e. The van der Waals surface area contributed by atoms with Gasteiger partial charge in [0.1, 0.15) is 5.82 Å². The summed E-state index contributed by atoms with van der Waals surface area (Å²) in [6.45, 7) is 2.66. The first-order valence-electron chi connectivity index (χ1n) is 9.43. The van der Waals surface area contributed by atoms with Crippen LogP contribution in [0.4, 0.5) is 10.1 Å². The van der Waals surface area contributed by atoms with Crippen molar-refractivity contribution in [3.05, 3.63) is 65.5 Å². The minimum Gasteiger partial charge on any atom is -0.368 e. The van der Waals surface area contributed by atoms with Gasteiger partial charge in [0.15, 0.2) is 0 Å². The lowest BCUT2D eigenvalue weighted by Crippen LogP contribution is -2.56. The van der Waals surface area contributed by atoms with Gasteiger partial charge in [0.05, 0.1) is 17.0 Å². The molecule has 1 heterocycles. The van der Waals surface area contributed by atoms with Crippen LogP contribution in [-0.4, -0.2) is 37.0 Å². The van der Waals surface area contributed by atoms with E-state index in [1.807, 2.05) is 29.2 Å². The van der Waals surface area contributed by atoms with Crippen LogP contribution < -0.4 is 4.90 Å². The molecule has 2 aromatic carbocycles. The molecule has 2 aromatic rings. The van der Waals surface area contributed by atoms with Gasteiger partial charge in [-0.3, -0.25) is 4.79 Å². The average molecular weight is 363 g/mol. The lowest BCUT2D eigenvalue weighted by atomic mass is 9.63. The zero-order valence-corrected chi connectivity index (χ0v) is 15.2. The molecule has 1 aliphatic heterocycles. The predicted molar refractivity (Wildman–Crippen MR) is 102 cm³/mol. The van der Waals surface area contributed by atoms with Gasteiger partial charge in [-0.1, -0.05) is 24.6 Å². The van der Waals surface area contributed by atoms with Crippen LogP contribution in [0.25, 0.3) is 0 Å². The number of carbonyl (C=O) groups excluding carboxylic acids is 1. The first-order chi connectivity index (χ1) is 13.1. The number of piperazine rings is 1. The predicted octanol–water partition coefficient (Wildman–Crippen LogP) is 3.47. The summed E-state index contributed by atoms with van der Waals surface area (Å²) >= 11 is 0. The van der Waals surface area contributed by atoms with Crippen LogP contribution in [-0.2, 0) is 10.2 Å². The Kier molecular flexibility index (Phi) is 4.57. The molecule has 1 amide bonds. The maximum Gasteiger partial charge on any atom is 0.233 e. The average Bonchev–Trinajstić information content (AvgIpc) is 2.67. The summed E-state index contributed by atoms with van der Waals surface area (Å²) in [6, 6.07) is 16.3. The Morgan fingerprint density at radius 3 is 2.41 bits per heavy atom. The van der Waals surface area contributed by atoms with E-state index in [-0.39, 0.29) is 11.7 Å². The van der Waals surface area contributed by atoms with Crippen molar-refractivity contribution in [3.8, 4) is 6.07 Å². The second-order valence-electron chi connectivity index (χ2n) is 7.39. The summed E-state index contributed by atoms with van der Waals surface area (Å²) in [5.74, 6) is -0.0699. The van der Waals surface area contributed by atoms with Gasteiger partial charge in [0.2, 0.25) is 5.91 Å². The van der Waals surface area contributed by atoms with Crippen LogP contribution in [0.2, 0.25) is 0 Å². The molecule has 1 aliphatic carbocycles. The zero-order chi connectivity index (χ0) is 18.9. The van der Waals surface area contributed by atoms with Gasteiger partial charge in [-0.15, -0.1) is 0 Å². The molecule has 27 heavy (non-hydrogen) atoms. The van der Waals surface area contributed by atoms with E-state index in [4.69, 9.17) is 0 Å². The molecule has 0 aromatic heterocycles. The Bertz CT molecular complexity index is 892. The highest BCUT2D eigenvalue weighted by Gasteiger charge is 2.48. The normalized spacial score (nSPS) is 18.5. The molecule has 0 radical (unpaired) electrons. The van der Waals surface area contributed by atoms with Crippen LogP contribution in [0.3, 0.4) is 0 Å². The fraction of sp³-hybridized carbons (Fsp3) is 0.364. The number of benzene rings is 2. The highest BCUT2D eigenvalue weighted by Crippen LogP contribution is 2.45. The number of carbonyl (C=O) groups is 1. The monoisotopic (exact) mass is 363 g/mol. The van der Waals surface area contributed by atoms with Crippen LogP contribution >= 0.6 is 0 Å². The molecule has 2 fully saturated rings. The Morgan fingerprint density at radius 1 is 1.04 bits per heavy atom. The molecule has 4 nitrogen and oxygen atoms in total. The standard InChI is InChI=1S/C22H22FN3O/c23-19-6-2-7-20(15-19)25-10-12-26(13-11-25)21(27)22(8-3-9-22)18-5-1-4-17(14-18)16-24/h1-2,4-7,14-15H,3,8-13H2. The summed E-state index contributed by atoms with van der Waals surface area (Å²) in [6.07, 6.45) is 2.71. The van der Waals surface area contributed by atoms with E-state index < -0.39 is 5.41 Å². The number of amides is 1. The number of nitriles is 1. The van der Waals surface area contributed by atoms with Crippen molar-refractivity contribution in [2.24, 2.45) is 0 Å². The highest BCUT2D eigenvalue weighted by atomic mass is 19.1. The van der Waals surface area contributed by atoms with Crippen LogP contribution in [0.5, 0.6) is 0 Å². The van der Waals surface area contributed by atoms with E-state index in [9.17, 15) is 14.4 Å². The Labute approximate surface area is 158 Å². The SMILES string of the molecule is N#Cc1cccc(C2(C(=O)N3CCN(c4cccc(F)c4)CC3)CCC2)c1. The van der Waals surface area contributed by atoms with Gasteiger partial charge < -0.3 is 9.80 Å². The number of halogens is 1. The number of hydrogen-bond acceptors (Lipinski definition) is 3. The van der Waals surface area contributed by atoms with E-state index in [1.54, 1.807) is 12.1 Å². The topological polar surface area (TPSA) is 47.3 Å². The summed E-state index contributed by atoms with van der Waals surface area (Å²) < 4.78 is 13.5. The molecule has 138 valence electrons. The maximum absolute atomic E-state index is 13.5. The third-order valence-corrected chi connectivity index (χ3v) is 5.90. The van der Waals surface area contributed by atoms with Crippen molar-refractivity contribution >= 4 is 11.6 Å². The van der Waals surface area contributed by atoms with Gasteiger partial charge >= 0.3 is 0 Å². The van der Waals surface area contributed by atoms with Crippen molar-refractivity contribution < 1.29 is 9.18 Å². The molecule has 0 N–H and O–H groups in total. The van der Waals surface area contributed by atoms with Gasteiger partial charge in [0.25, 0.3) is 0 Å². The maximum atomic E-state index is 13.5. The van der Waals surface area contributed by atoms with Crippen molar-refractivity contribution in [3.63, 3.8) is 0 Å². The number of rotatable bonds is 3. The summed E-state index contributed by atoms with van der Waals surface area (Å²) in [4.78, 5) is 17.4. The quantitative estimate of drug-likeness (QED) is 0.839. The first-order valence-corrected chi connectivity index (χ1v) is 9.43. The van der Waals surface area contributed by atoms with Crippen molar-refractivity contribution in [2.45, 2.75) is 24.7 Å². The minimum atomic E-state index is -0.478. The van der Waals surface area contributed by atoms with Gasteiger partial charge in [-0.25, -0.2) is 4.39 Å². The van der Waals surface area contributed by atoms with E-state index in [1.165, 1.54) is 12.1 Å². The van der Waals surface area contributed by atoms with Crippen LogP contribution in [0.1, 0.15) is 30.4 Å². The third-order valence-electron chi connectivity index (χ3n) is 5.90. The molecule has 1 saturated carbocycles. The number of anilines is 1. The van der Waals surface area contributed by atoms with Gasteiger partial charge in [-0.05, 0) is 48.7 Å². The zero-order valence-electron chi connectivity index (χ0n) is 15.2. The van der Waals surface area contributed by atoms with Crippen molar-refractivity contribution in [1.29, 1.82) is 5.26 Å². The van der Waals surface area contributed by atoms with Crippen molar-refractivity contribution in [1.82, 2.24) is 4.90 Å². The molecule has 5 heteroatoms. The third kappa shape index (κ3) is 3.16. The largest absolute Gasteiger partial charge is 0.368 e. The Balaban J connectivity index is 1.49. The Hall–Kier alpha value is -2.87. The molecule has 0 unspecified atom stereocenters. The Morgan fingerprint density at radius 2 is 1.78 bits per heavy atom. The molecule has 1 saturated heterocycles. The fourth-order valence-electron chi connectivity index (χ4n) is 4.19. The first kappa shape index (κ1) is 17.5. The summed E-state index contributed by atoms with van der Waals surface area (Å²) in [5.41, 5.74) is 1.95. The van der Waals surface area contributed by atoms with Gasteiger partial charge in [0, 0.05) is 31.9 Å². The van der Waals surface area contributed by atoms with E-state index >= 15 is 0 Å². The van der Waals surface area contributed by atoms with E-state index in [0.717, 1.165) is 30.5 Å². The molecule has 0 bridgehead atoms. The molecule has 0 atom stereocenters. The highest BCUT2D eigenvalue weighted by molar-refractivity contribution is 5.89. The van der Waals surface area contributed by atoms with E-state index in [0.29, 0.717) is 31.7 Å². The lowest BCUT2D eigenvalue weighted by Gasteiger charge is -2.46. The fourth-order valence-corrected chi connectivity index (χ4v) is 4.19.